The van der Waals surface area contributed by atoms with Crippen molar-refractivity contribution in [3.8, 4) is 11.8 Å². The Morgan fingerprint density at radius 2 is 2.00 bits per heavy atom. The number of hydrogen-bond donors (Lipinski definition) is 1. The minimum atomic E-state index is -4.81. The van der Waals surface area contributed by atoms with Gasteiger partial charge in [-0.25, -0.2) is 0 Å². The highest BCUT2D eigenvalue weighted by molar-refractivity contribution is 6.05. The lowest BCUT2D eigenvalue weighted by Crippen LogP contribution is -2.51. The fourth-order valence-electron chi connectivity index (χ4n) is 2.87. The molecule has 9 heteroatoms. The Kier molecular flexibility index (Phi) is 5.22. The molecule has 1 unspecified atom stereocenters. The molecule has 0 aromatic heterocycles. The number of anilines is 2. The maximum Gasteiger partial charge on any atom is 0.409 e. The van der Waals surface area contributed by atoms with Gasteiger partial charge in [-0.15, -0.1) is 0 Å². The van der Waals surface area contributed by atoms with E-state index in [4.69, 9.17) is 10.00 Å². The number of amides is 2. The van der Waals surface area contributed by atoms with Gasteiger partial charge < -0.3 is 10.1 Å². The van der Waals surface area contributed by atoms with E-state index in [1.807, 2.05) is 6.07 Å². The summed E-state index contributed by atoms with van der Waals surface area (Å²) < 4.78 is 46.1. The first-order chi connectivity index (χ1) is 13.3. The first-order valence-corrected chi connectivity index (χ1v) is 8.20. The summed E-state index contributed by atoms with van der Waals surface area (Å²) in [5.41, 5.74) is 0.335. The van der Waals surface area contributed by atoms with E-state index < -0.39 is 37.1 Å². The standard InChI is InChI=1S/C19H14F3N3O3/c20-19(21,22)16-9-17(26)24-14-6-1-2-7-15(14)25(16)18(27)11-28-13-5-3-4-12(8-13)10-23/h1-8,16H,9,11H2,(H,24,26). The first kappa shape index (κ1) is 19.2. The molecular weight excluding hydrogens is 375 g/mol. The van der Waals surface area contributed by atoms with Crippen LogP contribution in [0.3, 0.4) is 0 Å². The summed E-state index contributed by atoms with van der Waals surface area (Å²) in [6.45, 7) is -0.690. The highest BCUT2D eigenvalue weighted by atomic mass is 19.4. The van der Waals surface area contributed by atoms with Crippen LogP contribution < -0.4 is 15.0 Å². The van der Waals surface area contributed by atoms with E-state index >= 15 is 0 Å². The lowest BCUT2D eigenvalue weighted by molar-refractivity contribution is -0.158. The Labute approximate surface area is 158 Å². The number of para-hydroxylation sites is 2. The number of hydrogen-bond acceptors (Lipinski definition) is 4. The Hall–Kier alpha value is -3.54. The third kappa shape index (κ3) is 4.06. The third-order valence-electron chi connectivity index (χ3n) is 4.10. The SMILES string of the molecule is N#Cc1cccc(OCC(=O)N2c3ccccc3NC(=O)CC2C(F)(F)F)c1. The van der Waals surface area contributed by atoms with Crippen LogP contribution in [0.1, 0.15) is 12.0 Å². The predicted molar refractivity (Wildman–Crippen MR) is 93.7 cm³/mol. The number of nitrogens with zero attached hydrogens (tertiary/aromatic N) is 2. The summed E-state index contributed by atoms with van der Waals surface area (Å²) in [5.74, 6) is -1.63. The van der Waals surface area contributed by atoms with Crippen LogP contribution in [0.4, 0.5) is 24.5 Å². The van der Waals surface area contributed by atoms with Crippen molar-refractivity contribution in [1.82, 2.24) is 0 Å². The molecule has 1 aliphatic rings. The Morgan fingerprint density at radius 1 is 1.25 bits per heavy atom. The molecule has 0 radical (unpaired) electrons. The summed E-state index contributed by atoms with van der Waals surface area (Å²) in [6.07, 6.45) is -5.74. The molecule has 0 aliphatic carbocycles. The molecule has 3 rings (SSSR count). The van der Waals surface area contributed by atoms with E-state index in [2.05, 4.69) is 5.32 Å². The van der Waals surface area contributed by atoms with Gasteiger partial charge in [0.2, 0.25) is 5.91 Å². The molecule has 0 saturated heterocycles. The fourth-order valence-corrected chi connectivity index (χ4v) is 2.87. The van der Waals surface area contributed by atoms with E-state index in [1.165, 1.54) is 42.5 Å². The molecule has 0 fully saturated rings. The van der Waals surface area contributed by atoms with Crippen LogP contribution in [0, 0.1) is 11.3 Å². The molecule has 6 nitrogen and oxygen atoms in total. The van der Waals surface area contributed by atoms with Crippen LogP contribution in [-0.4, -0.2) is 30.6 Å². The molecule has 1 aliphatic heterocycles. The van der Waals surface area contributed by atoms with Crippen molar-refractivity contribution in [2.45, 2.75) is 18.6 Å². The zero-order chi connectivity index (χ0) is 20.3. The van der Waals surface area contributed by atoms with E-state index in [-0.39, 0.29) is 22.7 Å². The predicted octanol–water partition coefficient (Wildman–Crippen LogP) is 3.24. The summed E-state index contributed by atoms with van der Waals surface area (Å²) >= 11 is 0. The number of alkyl halides is 3. The van der Waals surface area contributed by atoms with E-state index in [9.17, 15) is 22.8 Å². The van der Waals surface area contributed by atoms with Crippen LogP contribution in [-0.2, 0) is 9.59 Å². The summed E-state index contributed by atoms with van der Waals surface area (Å²) in [5, 5.41) is 11.3. The smallest absolute Gasteiger partial charge is 0.409 e. The molecule has 1 N–H and O–H groups in total. The maximum atomic E-state index is 13.6. The van der Waals surface area contributed by atoms with Crippen LogP contribution in [0.2, 0.25) is 0 Å². The van der Waals surface area contributed by atoms with E-state index in [1.54, 1.807) is 6.07 Å². The summed E-state index contributed by atoms with van der Waals surface area (Å²) in [6, 6.07) is 11.2. The maximum absolute atomic E-state index is 13.6. The number of carbonyl (C=O) groups excluding carboxylic acids is 2. The molecule has 2 amide bonds. The van der Waals surface area contributed by atoms with Crippen LogP contribution in [0.15, 0.2) is 48.5 Å². The normalized spacial score (nSPS) is 16.4. The summed E-state index contributed by atoms with van der Waals surface area (Å²) in [4.78, 5) is 25.2. The zero-order valence-electron chi connectivity index (χ0n) is 14.4. The molecule has 1 atom stereocenters. The van der Waals surface area contributed by atoms with Gasteiger partial charge in [0.15, 0.2) is 6.61 Å². The van der Waals surface area contributed by atoms with Crippen LogP contribution >= 0.6 is 0 Å². The van der Waals surface area contributed by atoms with Gasteiger partial charge >= 0.3 is 6.18 Å². The number of nitrogens with one attached hydrogen (secondary N) is 1. The molecule has 0 spiro atoms. The zero-order valence-corrected chi connectivity index (χ0v) is 14.4. The number of nitriles is 1. The lowest BCUT2D eigenvalue weighted by Gasteiger charge is -2.31. The number of halogens is 3. The van der Waals surface area contributed by atoms with Gasteiger partial charge in [-0.05, 0) is 30.3 Å². The molecule has 2 aromatic rings. The Bertz CT molecular complexity index is 953. The van der Waals surface area contributed by atoms with Crippen molar-refractivity contribution in [1.29, 1.82) is 5.26 Å². The number of rotatable bonds is 3. The average Bonchev–Trinajstić information content (AvgIpc) is 2.82. The first-order valence-electron chi connectivity index (χ1n) is 8.20. The molecule has 144 valence electrons. The van der Waals surface area contributed by atoms with Crippen LogP contribution in [0.25, 0.3) is 0 Å². The largest absolute Gasteiger partial charge is 0.484 e. The van der Waals surface area contributed by atoms with Gasteiger partial charge in [0, 0.05) is 0 Å². The minimum absolute atomic E-state index is 0.0601. The molecule has 28 heavy (non-hydrogen) atoms. The molecule has 0 saturated carbocycles. The number of ether oxygens (including phenoxy) is 1. The number of carbonyl (C=O) groups is 2. The molecule has 2 aromatic carbocycles. The number of fused-ring (bicyclic) bond motifs is 1. The van der Waals surface area contributed by atoms with E-state index in [0.29, 0.717) is 4.90 Å². The van der Waals surface area contributed by atoms with Gasteiger partial charge in [-0.1, -0.05) is 18.2 Å². The monoisotopic (exact) mass is 389 g/mol. The average molecular weight is 389 g/mol. The number of benzene rings is 2. The lowest BCUT2D eigenvalue weighted by atomic mass is 10.1. The topological polar surface area (TPSA) is 82.4 Å². The van der Waals surface area contributed by atoms with Crippen molar-refractivity contribution in [3.05, 3.63) is 54.1 Å². The second kappa shape index (κ2) is 7.60. The van der Waals surface area contributed by atoms with Gasteiger partial charge in [0.05, 0.1) is 29.4 Å². The van der Waals surface area contributed by atoms with E-state index in [0.717, 1.165) is 0 Å². The van der Waals surface area contributed by atoms with Gasteiger partial charge in [0.25, 0.3) is 5.91 Å². The van der Waals surface area contributed by atoms with Crippen molar-refractivity contribution in [2.24, 2.45) is 0 Å². The van der Waals surface area contributed by atoms with Gasteiger partial charge in [-0.2, -0.15) is 18.4 Å². The Balaban J connectivity index is 1.91. The minimum Gasteiger partial charge on any atom is -0.484 e. The second-order valence-electron chi connectivity index (χ2n) is 6.02. The van der Waals surface area contributed by atoms with Crippen molar-refractivity contribution < 1.29 is 27.5 Å². The second-order valence-corrected chi connectivity index (χ2v) is 6.02. The Morgan fingerprint density at radius 3 is 2.71 bits per heavy atom. The summed E-state index contributed by atoms with van der Waals surface area (Å²) in [7, 11) is 0. The van der Waals surface area contributed by atoms with Crippen LogP contribution in [0.5, 0.6) is 5.75 Å². The van der Waals surface area contributed by atoms with Gasteiger partial charge in [0.1, 0.15) is 11.8 Å². The quantitative estimate of drug-likeness (QED) is 0.874. The molecule has 0 bridgehead atoms. The third-order valence-corrected chi connectivity index (χ3v) is 4.10. The van der Waals surface area contributed by atoms with Crippen molar-refractivity contribution >= 4 is 23.2 Å². The molecule has 1 heterocycles. The van der Waals surface area contributed by atoms with Crippen molar-refractivity contribution in [2.75, 3.05) is 16.8 Å². The van der Waals surface area contributed by atoms with Crippen molar-refractivity contribution in [3.63, 3.8) is 0 Å². The fraction of sp³-hybridized carbons (Fsp3) is 0.211. The highest BCUT2D eigenvalue weighted by Crippen LogP contribution is 2.37. The van der Waals surface area contributed by atoms with Gasteiger partial charge in [-0.3, -0.25) is 14.5 Å². The molecular formula is C19H14F3N3O3. The highest BCUT2D eigenvalue weighted by Gasteiger charge is 2.49.